The molecule has 0 aromatic heterocycles. The van der Waals surface area contributed by atoms with Gasteiger partial charge in [0.05, 0.1) is 0 Å². The standard InChI is InChI=1S/C34H34N2O4.2ClH/c37-33(17-15-29-11-5-9-27-7-1-3-13-31(27)29)39-25-23-35-19-21-36(22-20-35)24-26-40-34(38)18-16-30-12-6-10-28-8-2-4-14-32(28)30;;/h1-18H,19-26H2;2*1H/b17-15+,18-16+;;. The molecule has 1 aliphatic rings. The Kier molecular flexibility index (Phi) is 13.0. The van der Waals surface area contributed by atoms with Crippen molar-refractivity contribution in [1.29, 1.82) is 0 Å². The van der Waals surface area contributed by atoms with Crippen LogP contribution in [-0.2, 0) is 19.1 Å². The van der Waals surface area contributed by atoms with Gasteiger partial charge in [-0.2, -0.15) is 0 Å². The molecule has 0 saturated carbocycles. The number of carbonyl (C=O) groups is 2. The van der Waals surface area contributed by atoms with Crippen molar-refractivity contribution in [1.82, 2.24) is 9.80 Å². The van der Waals surface area contributed by atoms with E-state index in [1.165, 1.54) is 12.2 Å². The van der Waals surface area contributed by atoms with Gasteiger partial charge in [-0.25, -0.2) is 9.59 Å². The Balaban J connectivity index is 0.00000242. The van der Waals surface area contributed by atoms with Gasteiger partial charge in [0.25, 0.3) is 0 Å². The van der Waals surface area contributed by atoms with Gasteiger partial charge in [0, 0.05) is 51.4 Å². The number of hydrogen-bond acceptors (Lipinski definition) is 6. The van der Waals surface area contributed by atoms with Crippen LogP contribution < -0.4 is 0 Å². The molecule has 5 rings (SSSR count). The van der Waals surface area contributed by atoms with E-state index in [9.17, 15) is 9.59 Å². The van der Waals surface area contributed by atoms with Crippen molar-refractivity contribution in [3.63, 3.8) is 0 Å². The van der Waals surface area contributed by atoms with Crippen LogP contribution in [0.3, 0.4) is 0 Å². The van der Waals surface area contributed by atoms with Crippen molar-refractivity contribution in [2.75, 3.05) is 52.5 Å². The zero-order chi connectivity index (χ0) is 27.6. The lowest BCUT2D eigenvalue weighted by atomic mass is 10.0. The highest BCUT2D eigenvalue weighted by Crippen LogP contribution is 2.20. The molecule has 8 heteroatoms. The maximum Gasteiger partial charge on any atom is 0.330 e. The summed E-state index contributed by atoms with van der Waals surface area (Å²) in [6.45, 7) is 5.68. The monoisotopic (exact) mass is 606 g/mol. The minimum Gasteiger partial charge on any atom is -0.461 e. The minimum atomic E-state index is -0.331. The molecular formula is C34H36Cl2N2O4. The number of nitrogens with zero attached hydrogens (tertiary/aromatic N) is 2. The summed E-state index contributed by atoms with van der Waals surface area (Å²) in [6.07, 6.45) is 6.63. The van der Waals surface area contributed by atoms with Crippen LogP contribution >= 0.6 is 24.8 Å². The molecule has 0 atom stereocenters. The number of halogens is 2. The lowest BCUT2D eigenvalue weighted by Crippen LogP contribution is -2.48. The minimum absolute atomic E-state index is 0. The molecule has 0 unspecified atom stereocenters. The summed E-state index contributed by atoms with van der Waals surface area (Å²) in [5, 5.41) is 4.51. The Morgan fingerprint density at radius 1 is 0.571 bits per heavy atom. The third kappa shape index (κ3) is 9.16. The maximum atomic E-state index is 12.2. The number of hydrogen-bond donors (Lipinski definition) is 0. The molecule has 0 N–H and O–H groups in total. The predicted molar refractivity (Wildman–Crippen MR) is 175 cm³/mol. The fourth-order valence-electron chi connectivity index (χ4n) is 4.99. The van der Waals surface area contributed by atoms with Crippen molar-refractivity contribution in [2.24, 2.45) is 0 Å². The van der Waals surface area contributed by atoms with Gasteiger partial charge in [-0.15, -0.1) is 24.8 Å². The van der Waals surface area contributed by atoms with Crippen molar-refractivity contribution < 1.29 is 19.1 Å². The smallest absolute Gasteiger partial charge is 0.330 e. The van der Waals surface area contributed by atoms with Gasteiger partial charge < -0.3 is 9.47 Å². The maximum absolute atomic E-state index is 12.2. The van der Waals surface area contributed by atoms with E-state index >= 15 is 0 Å². The van der Waals surface area contributed by atoms with Gasteiger partial charge in [0.2, 0.25) is 0 Å². The predicted octanol–water partition coefficient (Wildman–Crippen LogP) is 6.27. The molecule has 220 valence electrons. The molecule has 4 aromatic rings. The van der Waals surface area contributed by atoms with Crippen LogP contribution in [0.1, 0.15) is 11.1 Å². The van der Waals surface area contributed by atoms with Crippen LogP contribution in [0.4, 0.5) is 0 Å². The highest BCUT2D eigenvalue weighted by Gasteiger charge is 2.17. The number of esters is 2. The Morgan fingerprint density at radius 3 is 1.38 bits per heavy atom. The first kappa shape index (κ1) is 32.8. The van der Waals surface area contributed by atoms with Gasteiger partial charge in [0.1, 0.15) is 13.2 Å². The lowest BCUT2D eigenvalue weighted by Gasteiger charge is -2.34. The fourth-order valence-corrected chi connectivity index (χ4v) is 4.99. The summed E-state index contributed by atoms with van der Waals surface area (Å²) >= 11 is 0. The molecule has 1 aliphatic heterocycles. The van der Waals surface area contributed by atoms with Gasteiger partial charge in [0.15, 0.2) is 0 Å². The summed E-state index contributed by atoms with van der Waals surface area (Å²) in [7, 11) is 0. The van der Waals surface area contributed by atoms with E-state index in [0.29, 0.717) is 26.3 Å². The summed E-state index contributed by atoms with van der Waals surface area (Å²) < 4.78 is 10.9. The number of carbonyl (C=O) groups excluding carboxylic acids is 2. The molecule has 1 heterocycles. The van der Waals surface area contributed by atoms with Crippen LogP contribution in [0.15, 0.2) is 97.1 Å². The second kappa shape index (κ2) is 16.7. The summed E-state index contributed by atoms with van der Waals surface area (Å²) in [6, 6.07) is 28.3. The van der Waals surface area contributed by atoms with E-state index in [1.54, 1.807) is 0 Å². The first-order valence-corrected chi connectivity index (χ1v) is 13.8. The number of fused-ring (bicyclic) bond motifs is 2. The largest absolute Gasteiger partial charge is 0.461 e. The van der Waals surface area contributed by atoms with Crippen molar-refractivity contribution in [3.8, 4) is 0 Å². The second-order valence-electron chi connectivity index (χ2n) is 9.82. The molecule has 4 aromatic carbocycles. The average Bonchev–Trinajstić information content (AvgIpc) is 2.99. The first-order chi connectivity index (χ1) is 19.7. The first-order valence-electron chi connectivity index (χ1n) is 13.8. The summed E-state index contributed by atoms with van der Waals surface area (Å²) in [5.41, 5.74) is 2.00. The molecular weight excluding hydrogens is 571 g/mol. The van der Waals surface area contributed by atoms with Crippen molar-refractivity contribution in [3.05, 3.63) is 108 Å². The number of piperazine rings is 1. The van der Waals surface area contributed by atoms with E-state index < -0.39 is 0 Å². The lowest BCUT2D eigenvalue weighted by molar-refractivity contribution is -0.139. The number of rotatable bonds is 10. The van der Waals surface area contributed by atoms with Gasteiger partial charge in [-0.05, 0) is 44.8 Å². The third-order valence-electron chi connectivity index (χ3n) is 7.21. The highest BCUT2D eigenvalue weighted by molar-refractivity contribution is 5.95. The van der Waals surface area contributed by atoms with E-state index in [0.717, 1.165) is 58.9 Å². The summed E-state index contributed by atoms with van der Waals surface area (Å²) in [4.78, 5) is 29.0. The Morgan fingerprint density at radius 2 is 0.952 bits per heavy atom. The Hall–Kier alpha value is -3.68. The SMILES string of the molecule is Cl.Cl.O=C(/C=C/c1cccc2ccccc12)OCCN1CCN(CCOC(=O)/C=C/c2cccc3ccccc23)CC1. The normalized spacial score (nSPS) is 14.1. The number of ether oxygens (including phenoxy) is 2. The number of benzene rings is 4. The van der Waals surface area contributed by atoms with Crippen LogP contribution in [0, 0.1) is 0 Å². The molecule has 42 heavy (non-hydrogen) atoms. The molecule has 1 saturated heterocycles. The fraction of sp³-hybridized carbons (Fsp3) is 0.235. The van der Waals surface area contributed by atoms with E-state index in [-0.39, 0.29) is 36.8 Å². The van der Waals surface area contributed by atoms with E-state index in [4.69, 9.17) is 9.47 Å². The van der Waals surface area contributed by atoms with E-state index in [1.807, 2.05) is 60.7 Å². The van der Waals surface area contributed by atoms with Crippen molar-refractivity contribution in [2.45, 2.75) is 0 Å². The Labute approximate surface area is 259 Å². The molecule has 1 fully saturated rings. The topological polar surface area (TPSA) is 59.1 Å². The van der Waals surface area contributed by atoms with Crippen LogP contribution in [-0.4, -0.2) is 74.2 Å². The molecule has 6 nitrogen and oxygen atoms in total. The summed E-state index contributed by atoms with van der Waals surface area (Å²) in [5.74, 6) is -0.661. The molecule has 0 spiro atoms. The molecule has 0 bridgehead atoms. The van der Waals surface area contributed by atoms with Crippen molar-refractivity contribution >= 4 is 70.4 Å². The van der Waals surface area contributed by atoms with Gasteiger partial charge >= 0.3 is 11.9 Å². The molecule has 0 amide bonds. The van der Waals surface area contributed by atoms with Gasteiger partial charge in [-0.3, -0.25) is 9.80 Å². The highest BCUT2D eigenvalue weighted by atomic mass is 35.5. The molecule has 0 radical (unpaired) electrons. The van der Waals surface area contributed by atoms with Crippen LogP contribution in [0.5, 0.6) is 0 Å². The quantitative estimate of drug-likeness (QED) is 0.157. The van der Waals surface area contributed by atoms with E-state index in [2.05, 4.69) is 46.2 Å². The van der Waals surface area contributed by atoms with Crippen LogP contribution in [0.25, 0.3) is 33.7 Å². The molecule has 0 aliphatic carbocycles. The average molecular weight is 608 g/mol. The zero-order valence-electron chi connectivity index (χ0n) is 23.4. The Bertz CT molecular complexity index is 1400. The second-order valence-corrected chi connectivity index (χ2v) is 9.82. The van der Waals surface area contributed by atoms with Gasteiger partial charge in [-0.1, -0.05) is 84.9 Å². The zero-order valence-corrected chi connectivity index (χ0v) is 25.0. The van der Waals surface area contributed by atoms with Crippen LogP contribution in [0.2, 0.25) is 0 Å². The third-order valence-corrected chi connectivity index (χ3v) is 7.21.